The van der Waals surface area contributed by atoms with E-state index in [0.717, 1.165) is 12.1 Å². The summed E-state index contributed by atoms with van der Waals surface area (Å²) in [6, 6.07) is 3.31. The molecule has 0 aliphatic heterocycles. The number of rotatable bonds is 6. The van der Waals surface area contributed by atoms with Crippen molar-refractivity contribution in [2.45, 2.75) is 12.8 Å². The van der Waals surface area contributed by atoms with Crippen LogP contribution < -0.4 is 4.74 Å². The molecule has 1 aromatic heterocycles. The van der Waals surface area contributed by atoms with Crippen LogP contribution in [-0.4, -0.2) is 28.5 Å². The molecule has 0 aliphatic carbocycles. The molecule has 0 amide bonds. The molecule has 1 aromatic carbocycles. The maximum atomic E-state index is 12.9. The topological polar surface area (TPSA) is 68.4 Å². The smallest absolute Gasteiger partial charge is 0.219 e. The molecular formula is C12H12F2N2O3. The summed E-state index contributed by atoms with van der Waals surface area (Å²) < 4.78 is 36.0. The zero-order valence-corrected chi connectivity index (χ0v) is 9.97. The Morgan fingerprint density at radius 3 is 2.53 bits per heavy atom. The molecule has 0 saturated heterocycles. The summed E-state index contributed by atoms with van der Waals surface area (Å²) in [5, 5.41) is 16.2. The fraction of sp³-hybridized carbons (Fsp3) is 0.333. The molecule has 7 heteroatoms. The quantitative estimate of drug-likeness (QED) is 0.861. The summed E-state index contributed by atoms with van der Waals surface area (Å²) in [4.78, 5) is 0. The van der Waals surface area contributed by atoms with Crippen LogP contribution in [0.4, 0.5) is 8.78 Å². The molecule has 102 valence electrons. The van der Waals surface area contributed by atoms with Crippen molar-refractivity contribution in [3.8, 4) is 5.75 Å². The van der Waals surface area contributed by atoms with Crippen LogP contribution in [0, 0.1) is 11.6 Å². The van der Waals surface area contributed by atoms with E-state index in [1.807, 2.05) is 0 Å². The van der Waals surface area contributed by atoms with Crippen LogP contribution in [0.15, 0.2) is 22.6 Å². The van der Waals surface area contributed by atoms with Gasteiger partial charge >= 0.3 is 0 Å². The largest absolute Gasteiger partial charge is 0.493 e. The Hall–Kier alpha value is -2.02. The SMILES string of the molecule is OCCc1nnc(CCOc2ccc(F)c(F)c2)o1. The van der Waals surface area contributed by atoms with Crippen LogP contribution in [0.2, 0.25) is 0 Å². The van der Waals surface area contributed by atoms with Gasteiger partial charge in [0.2, 0.25) is 11.8 Å². The fourth-order valence-electron chi connectivity index (χ4n) is 1.41. The van der Waals surface area contributed by atoms with Gasteiger partial charge in [-0.25, -0.2) is 8.78 Å². The number of benzene rings is 1. The monoisotopic (exact) mass is 270 g/mol. The van der Waals surface area contributed by atoms with Crippen molar-refractivity contribution in [1.82, 2.24) is 10.2 Å². The maximum Gasteiger partial charge on any atom is 0.219 e. The standard InChI is InChI=1S/C12H12F2N2O3/c13-9-2-1-8(7-10(9)14)18-6-4-12-16-15-11(19-12)3-5-17/h1-2,7,17H,3-6H2. The third kappa shape index (κ3) is 3.72. The van der Waals surface area contributed by atoms with E-state index >= 15 is 0 Å². The number of hydrogen-bond donors (Lipinski definition) is 1. The number of nitrogens with zero attached hydrogens (tertiary/aromatic N) is 2. The van der Waals surface area contributed by atoms with Gasteiger partial charge in [0.15, 0.2) is 11.6 Å². The Bertz CT molecular complexity index is 546. The van der Waals surface area contributed by atoms with Gasteiger partial charge in [-0.05, 0) is 12.1 Å². The molecule has 2 aromatic rings. The minimum Gasteiger partial charge on any atom is -0.493 e. The first-order valence-corrected chi connectivity index (χ1v) is 5.69. The van der Waals surface area contributed by atoms with Crippen molar-refractivity contribution in [2.24, 2.45) is 0 Å². The van der Waals surface area contributed by atoms with Crippen molar-refractivity contribution in [3.05, 3.63) is 41.6 Å². The predicted octanol–water partition coefficient (Wildman–Crippen LogP) is 1.50. The molecule has 0 fully saturated rings. The van der Waals surface area contributed by atoms with Crippen LogP contribution in [0.1, 0.15) is 11.8 Å². The van der Waals surface area contributed by atoms with E-state index in [4.69, 9.17) is 14.3 Å². The molecule has 0 radical (unpaired) electrons. The molecule has 0 aliphatic rings. The molecule has 0 atom stereocenters. The van der Waals surface area contributed by atoms with Gasteiger partial charge in [0.25, 0.3) is 0 Å². The minimum atomic E-state index is -0.958. The van der Waals surface area contributed by atoms with Gasteiger partial charge < -0.3 is 14.3 Å². The van der Waals surface area contributed by atoms with Crippen molar-refractivity contribution < 1.29 is 23.0 Å². The van der Waals surface area contributed by atoms with Crippen LogP contribution in [0.5, 0.6) is 5.75 Å². The Morgan fingerprint density at radius 2 is 1.84 bits per heavy atom. The normalized spacial score (nSPS) is 10.7. The highest BCUT2D eigenvalue weighted by molar-refractivity contribution is 5.23. The molecule has 1 N–H and O–H groups in total. The van der Waals surface area contributed by atoms with Crippen molar-refractivity contribution in [3.63, 3.8) is 0 Å². The van der Waals surface area contributed by atoms with Gasteiger partial charge in [-0.1, -0.05) is 0 Å². The molecular weight excluding hydrogens is 258 g/mol. The van der Waals surface area contributed by atoms with Crippen LogP contribution >= 0.6 is 0 Å². The van der Waals surface area contributed by atoms with E-state index in [9.17, 15) is 8.78 Å². The Labute approximate surface area is 107 Å². The minimum absolute atomic E-state index is 0.0625. The van der Waals surface area contributed by atoms with Gasteiger partial charge in [-0.3, -0.25) is 0 Å². The van der Waals surface area contributed by atoms with E-state index < -0.39 is 11.6 Å². The summed E-state index contributed by atoms with van der Waals surface area (Å²) >= 11 is 0. The molecule has 2 rings (SSSR count). The highest BCUT2D eigenvalue weighted by Gasteiger charge is 2.07. The Kier molecular flexibility index (Phi) is 4.40. The van der Waals surface area contributed by atoms with Crippen LogP contribution in [0.3, 0.4) is 0 Å². The lowest BCUT2D eigenvalue weighted by atomic mass is 10.3. The number of aliphatic hydroxyl groups is 1. The van der Waals surface area contributed by atoms with E-state index in [1.54, 1.807) is 0 Å². The summed E-state index contributed by atoms with van der Waals surface area (Å²) in [6.07, 6.45) is 0.647. The maximum absolute atomic E-state index is 12.9. The molecule has 0 saturated carbocycles. The third-order valence-corrected chi connectivity index (χ3v) is 2.31. The molecule has 1 heterocycles. The second kappa shape index (κ2) is 6.24. The van der Waals surface area contributed by atoms with E-state index in [-0.39, 0.29) is 19.0 Å². The Morgan fingerprint density at radius 1 is 1.11 bits per heavy atom. The lowest BCUT2D eigenvalue weighted by molar-refractivity contribution is 0.277. The van der Waals surface area contributed by atoms with E-state index in [1.165, 1.54) is 6.07 Å². The summed E-state index contributed by atoms with van der Waals surface area (Å²) in [6.45, 7) is 0.138. The summed E-state index contributed by atoms with van der Waals surface area (Å²) in [5.74, 6) is -0.927. The van der Waals surface area contributed by atoms with Gasteiger partial charge in [0.1, 0.15) is 5.75 Å². The number of hydrogen-bond acceptors (Lipinski definition) is 5. The van der Waals surface area contributed by atoms with Gasteiger partial charge in [0.05, 0.1) is 19.6 Å². The molecule has 5 nitrogen and oxygen atoms in total. The summed E-state index contributed by atoms with van der Waals surface area (Å²) in [7, 11) is 0. The lowest BCUT2D eigenvalue weighted by Gasteiger charge is -2.04. The first-order chi connectivity index (χ1) is 9.19. The predicted molar refractivity (Wildman–Crippen MR) is 60.6 cm³/mol. The van der Waals surface area contributed by atoms with Crippen molar-refractivity contribution in [1.29, 1.82) is 0 Å². The van der Waals surface area contributed by atoms with Gasteiger partial charge in [-0.2, -0.15) is 0 Å². The average molecular weight is 270 g/mol. The second-order valence-electron chi connectivity index (χ2n) is 3.74. The average Bonchev–Trinajstić information content (AvgIpc) is 2.82. The second-order valence-corrected chi connectivity index (χ2v) is 3.74. The van der Waals surface area contributed by atoms with Gasteiger partial charge in [-0.15, -0.1) is 10.2 Å². The lowest BCUT2D eigenvalue weighted by Crippen LogP contribution is -2.02. The van der Waals surface area contributed by atoms with Crippen LogP contribution in [0.25, 0.3) is 0 Å². The first-order valence-electron chi connectivity index (χ1n) is 5.69. The van der Waals surface area contributed by atoms with Crippen molar-refractivity contribution in [2.75, 3.05) is 13.2 Å². The molecule has 19 heavy (non-hydrogen) atoms. The number of aliphatic hydroxyl groups excluding tert-OH is 1. The van der Waals surface area contributed by atoms with E-state index in [2.05, 4.69) is 10.2 Å². The summed E-state index contributed by atoms with van der Waals surface area (Å²) in [5.41, 5.74) is 0. The highest BCUT2D eigenvalue weighted by Crippen LogP contribution is 2.15. The highest BCUT2D eigenvalue weighted by atomic mass is 19.2. The van der Waals surface area contributed by atoms with Gasteiger partial charge in [0, 0.05) is 12.5 Å². The van der Waals surface area contributed by atoms with E-state index in [0.29, 0.717) is 24.6 Å². The van der Waals surface area contributed by atoms with Crippen molar-refractivity contribution >= 4 is 0 Å². The molecule has 0 bridgehead atoms. The third-order valence-electron chi connectivity index (χ3n) is 2.31. The number of aromatic nitrogens is 2. The number of ether oxygens (including phenoxy) is 1. The zero-order chi connectivity index (χ0) is 13.7. The number of halogens is 2. The van der Waals surface area contributed by atoms with Crippen LogP contribution in [-0.2, 0) is 12.8 Å². The molecule has 0 unspecified atom stereocenters. The Balaban J connectivity index is 1.83. The fourth-order valence-corrected chi connectivity index (χ4v) is 1.41. The molecule has 0 spiro atoms. The first kappa shape index (κ1) is 13.4. The zero-order valence-electron chi connectivity index (χ0n) is 9.97.